The van der Waals surface area contributed by atoms with E-state index in [1.54, 1.807) is 42.9 Å². The Morgan fingerprint density at radius 3 is 2.42 bits per heavy atom. The second kappa shape index (κ2) is 6.54. The minimum Gasteiger partial charge on any atom is -0.283 e. The Morgan fingerprint density at radius 2 is 1.77 bits per heavy atom. The SMILES string of the molecule is Cc1c(NS(=O)(=O)c2cccc(C#N)c2)c(=O)n(-c2ccccc2)n1C. The van der Waals surface area contributed by atoms with E-state index in [9.17, 15) is 13.2 Å². The first-order valence-electron chi connectivity index (χ1n) is 7.72. The van der Waals surface area contributed by atoms with Crippen molar-refractivity contribution in [2.45, 2.75) is 11.8 Å². The molecule has 3 rings (SSSR count). The Balaban J connectivity index is 2.09. The molecule has 0 aliphatic heterocycles. The summed E-state index contributed by atoms with van der Waals surface area (Å²) in [4.78, 5) is 12.7. The van der Waals surface area contributed by atoms with Gasteiger partial charge >= 0.3 is 0 Å². The van der Waals surface area contributed by atoms with Gasteiger partial charge in [-0.15, -0.1) is 0 Å². The van der Waals surface area contributed by atoms with E-state index in [0.717, 1.165) is 0 Å². The summed E-state index contributed by atoms with van der Waals surface area (Å²) < 4.78 is 30.6. The predicted molar refractivity (Wildman–Crippen MR) is 97.7 cm³/mol. The van der Waals surface area contributed by atoms with E-state index < -0.39 is 15.6 Å². The molecule has 2 aromatic carbocycles. The smallest absolute Gasteiger partial charge is 0.283 e. The maximum atomic E-state index is 12.8. The van der Waals surface area contributed by atoms with Gasteiger partial charge in [-0.05, 0) is 37.3 Å². The molecule has 0 fully saturated rings. The van der Waals surface area contributed by atoms with Gasteiger partial charge < -0.3 is 0 Å². The van der Waals surface area contributed by atoms with E-state index >= 15 is 0 Å². The summed E-state index contributed by atoms with van der Waals surface area (Å²) in [5, 5.41) is 8.95. The first-order valence-corrected chi connectivity index (χ1v) is 9.20. The topological polar surface area (TPSA) is 96.9 Å². The quantitative estimate of drug-likeness (QED) is 0.763. The third-order valence-corrected chi connectivity index (χ3v) is 5.41. The number of sulfonamides is 1. The number of nitrogens with one attached hydrogen (secondary N) is 1. The lowest BCUT2D eigenvalue weighted by atomic mass is 10.2. The number of anilines is 1. The molecule has 3 aromatic rings. The third-order valence-electron chi connectivity index (χ3n) is 4.06. The summed E-state index contributed by atoms with van der Waals surface area (Å²) >= 11 is 0. The minimum atomic E-state index is -4.00. The number of nitriles is 1. The van der Waals surface area contributed by atoms with Crippen LogP contribution < -0.4 is 10.3 Å². The van der Waals surface area contributed by atoms with E-state index in [1.807, 2.05) is 12.1 Å². The average molecular weight is 368 g/mol. The molecular formula is C18H16N4O3S. The highest BCUT2D eigenvalue weighted by atomic mass is 32.2. The maximum absolute atomic E-state index is 12.8. The molecule has 7 nitrogen and oxygen atoms in total. The van der Waals surface area contributed by atoms with Crippen molar-refractivity contribution >= 4 is 15.7 Å². The van der Waals surface area contributed by atoms with Gasteiger partial charge in [-0.25, -0.2) is 13.1 Å². The van der Waals surface area contributed by atoms with Crippen LogP contribution in [0.15, 0.2) is 64.3 Å². The molecule has 1 heterocycles. The first kappa shape index (κ1) is 17.5. The molecule has 0 aliphatic carbocycles. The molecule has 0 saturated heterocycles. The lowest BCUT2D eigenvalue weighted by molar-refractivity contribution is 0.601. The van der Waals surface area contributed by atoms with Crippen LogP contribution in [0.5, 0.6) is 0 Å². The highest BCUT2D eigenvalue weighted by molar-refractivity contribution is 7.92. The summed E-state index contributed by atoms with van der Waals surface area (Å²) in [5.41, 5.74) is 0.813. The van der Waals surface area contributed by atoms with Crippen LogP contribution in [-0.4, -0.2) is 17.8 Å². The van der Waals surface area contributed by atoms with Crippen molar-refractivity contribution in [1.82, 2.24) is 9.36 Å². The molecule has 8 heteroatoms. The van der Waals surface area contributed by atoms with Gasteiger partial charge in [0.15, 0.2) is 0 Å². The van der Waals surface area contributed by atoms with Crippen LogP contribution >= 0.6 is 0 Å². The maximum Gasteiger partial charge on any atom is 0.296 e. The predicted octanol–water partition coefficient (Wildman–Crippen LogP) is 2.16. The largest absolute Gasteiger partial charge is 0.296 e. The molecule has 0 amide bonds. The van der Waals surface area contributed by atoms with Crippen molar-refractivity contribution in [2.24, 2.45) is 7.05 Å². The van der Waals surface area contributed by atoms with E-state index in [-0.39, 0.29) is 16.1 Å². The van der Waals surface area contributed by atoms with Gasteiger partial charge in [0, 0.05) is 7.05 Å². The van der Waals surface area contributed by atoms with E-state index in [4.69, 9.17) is 5.26 Å². The van der Waals surface area contributed by atoms with Crippen molar-refractivity contribution in [3.8, 4) is 11.8 Å². The molecular weight excluding hydrogens is 352 g/mol. The van der Waals surface area contributed by atoms with Crippen molar-refractivity contribution in [1.29, 1.82) is 5.26 Å². The minimum absolute atomic E-state index is 0.0290. The number of benzene rings is 2. The van der Waals surface area contributed by atoms with Crippen LogP contribution in [0, 0.1) is 18.3 Å². The van der Waals surface area contributed by atoms with Gasteiger partial charge in [-0.3, -0.25) is 14.2 Å². The zero-order valence-electron chi connectivity index (χ0n) is 14.2. The Morgan fingerprint density at radius 1 is 1.08 bits per heavy atom. The molecule has 0 unspecified atom stereocenters. The molecule has 0 radical (unpaired) electrons. The Bertz CT molecular complexity index is 1170. The van der Waals surface area contributed by atoms with Gasteiger partial charge in [0.25, 0.3) is 15.6 Å². The van der Waals surface area contributed by atoms with E-state index in [2.05, 4.69) is 4.72 Å². The standard InChI is InChI=1S/C18H16N4O3S/c1-13-17(18(23)22(21(13)2)15-8-4-3-5-9-15)20-26(24,25)16-10-6-7-14(11-16)12-19/h3-11,20H,1-2H3. The second-order valence-corrected chi connectivity index (χ2v) is 7.36. The van der Waals surface area contributed by atoms with E-state index in [1.165, 1.54) is 28.9 Å². The average Bonchev–Trinajstić information content (AvgIpc) is 2.85. The number of para-hydroxylation sites is 1. The highest BCUT2D eigenvalue weighted by Crippen LogP contribution is 2.19. The number of aromatic nitrogens is 2. The zero-order valence-corrected chi connectivity index (χ0v) is 15.0. The summed E-state index contributed by atoms with van der Waals surface area (Å²) in [7, 11) is -2.33. The fourth-order valence-corrected chi connectivity index (χ4v) is 3.77. The normalized spacial score (nSPS) is 11.1. The first-order chi connectivity index (χ1) is 12.3. The summed E-state index contributed by atoms with van der Waals surface area (Å²) in [6.45, 7) is 1.66. The van der Waals surface area contributed by atoms with Crippen molar-refractivity contribution in [3.63, 3.8) is 0 Å². The van der Waals surface area contributed by atoms with Gasteiger partial charge in [0.2, 0.25) is 0 Å². The van der Waals surface area contributed by atoms with Crippen molar-refractivity contribution in [3.05, 3.63) is 76.2 Å². The van der Waals surface area contributed by atoms with Crippen LogP contribution in [0.3, 0.4) is 0 Å². The van der Waals surface area contributed by atoms with Crippen molar-refractivity contribution < 1.29 is 8.42 Å². The van der Waals surface area contributed by atoms with Crippen LogP contribution in [0.1, 0.15) is 11.3 Å². The molecule has 0 saturated carbocycles. The lowest BCUT2D eigenvalue weighted by Crippen LogP contribution is -2.23. The van der Waals surface area contributed by atoms with E-state index in [0.29, 0.717) is 11.4 Å². The lowest BCUT2D eigenvalue weighted by Gasteiger charge is -2.07. The zero-order chi connectivity index (χ0) is 18.9. The number of hydrogen-bond donors (Lipinski definition) is 1. The molecule has 132 valence electrons. The number of nitrogens with zero attached hydrogens (tertiary/aromatic N) is 3. The Hall–Kier alpha value is -3.31. The molecule has 1 aromatic heterocycles. The van der Waals surface area contributed by atoms with Crippen molar-refractivity contribution in [2.75, 3.05) is 4.72 Å². The Kier molecular flexibility index (Phi) is 4.40. The molecule has 26 heavy (non-hydrogen) atoms. The van der Waals surface area contributed by atoms with Gasteiger partial charge in [-0.2, -0.15) is 5.26 Å². The second-order valence-electron chi connectivity index (χ2n) is 5.68. The van der Waals surface area contributed by atoms with Crippen LogP contribution in [-0.2, 0) is 17.1 Å². The number of hydrogen-bond acceptors (Lipinski definition) is 4. The molecule has 0 aliphatic rings. The molecule has 1 N–H and O–H groups in total. The monoisotopic (exact) mass is 368 g/mol. The van der Waals surface area contributed by atoms with Crippen LogP contribution in [0.2, 0.25) is 0 Å². The van der Waals surface area contributed by atoms with Gasteiger partial charge in [0.1, 0.15) is 5.69 Å². The summed E-state index contributed by atoms with van der Waals surface area (Å²) in [6.07, 6.45) is 0. The fourth-order valence-electron chi connectivity index (χ4n) is 2.61. The summed E-state index contributed by atoms with van der Waals surface area (Å²) in [5.74, 6) is 0. The Labute approximate surface area is 150 Å². The number of rotatable bonds is 4. The molecule has 0 bridgehead atoms. The fraction of sp³-hybridized carbons (Fsp3) is 0.111. The van der Waals surface area contributed by atoms with Gasteiger partial charge in [0.05, 0.1) is 27.9 Å². The van der Waals surface area contributed by atoms with Crippen LogP contribution in [0.4, 0.5) is 5.69 Å². The summed E-state index contributed by atoms with van der Waals surface area (Å²) in [6, 6.07) is 16.5. The molecule has 0 spiro atoms. The van der Waals surface area contributed by atoms with Gasteiger partial charge in [-0.1, -0.05) is 24.3 Å². The third kappa shape index (κ3) is 3.00. The van der Waals surface area contributed by atoms with Crippen LogP contribution in [0.25, 0.3) is 5.69 Å². The molecule has 0 atom stereocenters. The highest BCUT2D eigenvalue weighted by Gasteiger charge is 2.22.